The summed E-state index contributed by atoms with van der Waals surface area (Å²) in [6.45, 7) is 2.08. The Balaban J connectivity index is 1.61. The summed E-state index contributed by atoms with van der Waals surface area (Å²) in [6, 6.07) is 18.9. The minimum atomic E-state index is 0.0206. The molecule has 0 spiro atoms. The van der Waals surface area contributed by atoms with E-state index in [1.165, 1.54) is 16.7 Å². The van der Waals surface area contributed by atoms with Crippen LogP contribution in [0.3, 0.4) is 0 Å². The first-order chi connectivity index (χ1) is 11.6. The Morgan fingerprint density at radius 1 is 1.08 bits per heavy atom. The van der Waals surface area contributed by atoms with Gasteiger partial charge in [0.15, 0.2) is 0 Å². The van der Waals surface area contributed by atoms with Gasteiger partial charge < -0.3 is 15.1 Å². The zero-order chi connectivity index (χ0) is 16.9. The minimum Gasteiger partial charge on any atom is -0.336 e. The molecule has 1 aliphatic rings. The minimum absolute atomic E-state index is 0.0206. The number of carbonyl (C=O) groups excluding carboxylic acids is 1. The molecular weight excluding hydrogens is 298 g/mol. The molecule has 0 radical (unpaired) electrons. The van der Waals surface area contributed by atoms with E-state index >= 15 is 0 Å². The van der Waals surface area contributed by atoms with Crippen molar-refractivity contribution in [2.24, 2.45) is 0 Å². The van der Waals surface area contributed by atoms with Crippen LogP contribution in [0.25, 0.3) is 0 Å². The van der Waals surface area contributed by atoms with Gasteiger partial charge in [-0.05, 0) is 37.2 Å². The first-order valence-electron chi connectivity index (χ1n) is 8.46. The summed E-state index contributed by atoms with van der Waals surface area (Å²) >= 11 is 0. The van der Waals surface area contributed by atoms with E-state index in [4.69, 9.17) is 0 Å². The third-order valence-corrected chi connectivity index (χ3v) is 4.67. The third kappa shape index (κ3) is 3.77. The van der Waals surface area contributed by atoms with Crippen LogP contribution in [0.1, 0.15) is 22.7 Å². The van der Waals surface area contributed by atoms with Crippen molar-refractivity contribution >= 4 is 6.03 Å². The average molecular weight is 323 g/mol. The lowest BCUT2D eigenvalue weighted by Crippen LogP contribution is -2.45. The van der Waals surface area contributed by atoms with Crippen molar-refractivity contribution in [3.8, 4) is 0 Å². The van der Waals surface area contributed by atoms with Gasteiger partial charge in [-0.2, -0.15) is 0 Å². The van der Waals surface area contributed by atoms with Gasteiger partial charge in [-0.25, -0.2) is 4.79 Å². The van der Waals surface area contributed by atoms with E-state index in [2.05, 4.69) is 40.5 Å². The van der Waals surface area contributed by atoms with Gasteiger partial charge in [-0.3, -0.25) is 0 Å². The zero-order valence-electron chi connectivity index (χ0n) is 14.4. The second-order valence-corrected chi connectivity index (χ2v) is 6.52. The fourth-order valence-corrected chi connectivity index (χ4v) is 3.24. The van der Waals surface area contributed by atoms with Gasteiger partial charge in [0, 0.05) is 19.6 Å². The second kappa shape index (κ2) is 7.49. The van der Waals surface area contributed by atoms with Crippen molar-refractivity contribution in [1.29, 1.82) is 0 Å². The van der Waals surface area contributed by atoms with Crippen LogP contribution >= 0.6 is 0 Å². The van der Waals surface area contributed by atoms with Gasteiger partial charge in [0.1, 0.15) is 0 Å². The highest BCUT2D eigenvalue weighted by Crippen LogP contribution is 2.19. The Hall–Kier alpha value is -2.33. The van der Waals surface area contributed by atoms with Crippen LogP contribution in [-0.2, 0) is 13.0 Å². The summed E-state index contributed by atoms with van der Waals surface area (Å²) in [5.74, 6) is 0. The molecular formula is C20H25N3O. The molecule has 4 nitrogen and oxygen atoms in total. The summed E-state index contributed by atoms with van der Waals surface area (Å²) in [6.07, 6.45) is 0.930. The number of hydrogen-bond acceptors (Lipinski definition) is 2. The summed E-state index contributed by atoms with van der Waals surface area (Å²) < 4.78 is 0. The predicted octanol–water partition coefficient (Wildman–Crippen LogP) is 3.06. The number of nitrogens with zero attached hydrogens (tertiary/aromatic N) is 2. The Morgan fingerprint density at radius 2 is 1.75 bits per heavy atom. The number of likely N-dealkylation sites (N-methyl/N-ethyl adjacent to an activating group) is 1. The molecule has 24 heavy (non-hydrogen) atoms. The normalized spacial score (nSPS) is 15.0. The third-order valence-electron chi connectivity index (χ3n) is 4.67. The lowest BCUT2D eigenvalue weighted by Gasteiger charge is -2.31. The topological polar surface area (TPSA) is 35.6 Å². The van der Waals surface area contributed by atoms with Gasteiger partial charge >= 0.3 is 6.03 Å². The largest absolute Gasteiger partial charge is 0.336 e. The van der Waals surface area contributed by atoms with Crippen molar-refractivity contribution in [2.45, 2.75) is 19.0 Å². The average Bonchev–Trinajstić information content (AvgIpc) is 2.62. The van der Waals surface area contributed by atoms with E-state index < -0.39 is 0 Å². The number of nitrogens with one attached hydrogen (secondary N) is 1. The Labute approximate surface area is 144 Å². The summed E-state index contributed by atoms with van der Waals surface area (Å²) in [4.78, 5) is 16.6. The summed E-state index contributed by atoms with van der Waals surface area (Å²) in [5, 5.41) is 3.11. The van der Waals surface area contributed by atoms with Gasteiger partial charge in [0.2, 0.25) is 0 Å². The van der Waals surface area contributed by atoms with E-state index in [1.54, 1.807) is 0 Å². The van der Waals surface area contributed by atoms with Crippen molar-refractivity contribution in [1.82, 2.24) is 15.1 Å². The summed E-state index contributed by atoms with van der Waals surface area (Å²) in [7, 11) is 4.09. The van der Waals surface area contributed by atoms with Crippen LogP contribution in [0.15, 0.2) is 54.6 Å². The van der Waals surface area contributed by atoms with E-state index in [0.717, 1.165) is 13.0 Å². The highest BCUT2D eigenvalue weighted by molar-refractivity contribution is 5.74. The molecule has 0 bridgehead atoms. The fraction of sp³-hybridized carbons (Fsp3) is 0.350. The molecule has 1 heterocycles. The quantitative estimate of drug-likeness (QED) is 0.938. The standard InChI is InChI=1S/C20H25N3O/c1-22(2)19(17-9-4-3-5-10-17)14-21-20(24)23-13-12-16-8-6-7-11-18(16)15-23/h3-11,19H,12-15H2,1-2H3,(H,21,24). The highest BCUT2D eigenvalue weighted by Gasteiger charge is 2.21. The van der Waals surface area contributed by atoms with Crippen LogP contribution in [0.2, 0.25) is 0 Å². The van der Waals surface area contributed by atoms with Crippen LogP contribution in [0.5, 0.6) is 0 Å². The van der Waals surface area contributed by atoms with Crippen molar-refractivity contribution in [3.05, 3.63) is 71.3 Å². The zero-order valence-corrected chi connectivity index (χ0v) is 14.4. The Bertz CT molecular complexity index is 684. The molecule has 2 amide bonds. The lowest BCUT2D eigenvalue weighted by molar-refractivity contribution is 0.187. The molecule has 1 aliphatic heterocycles. The molecule has 126 valence electrons. The molecule has 0 aromatic heterocycles. The SMILES string of the molecule is CN(C)C(CNC(=O)N1CCc2ccccc2C1)c1ccccc1. The summed E-state index contributed by atoms with van der Waals surface area (Å²) in [5.41, 5.74) is 3.83. The van der Waals surface area contributed by atoms with E-state index in [-0.39, 0.29) is 12.1 Å². The molecule has 2 aromatic rings. The molecule has 0 saturated carbocycles. The first kappa shape index (κ1) is 16.5. The van der Waals surface area contributed by atoms with E-state index in [1.807, 2.05) is 43.3 Å². The van der Waals surface area contributed by atoms with Crippen molar-refractivity contribution < 1.29 is 4.79 Å². The molecule has 1 unspecified atom stereocenters. The fourth-order valence-electron chi connectivity index (χ4n) is 3.24. The van der Waals surface area contributed by atoms with Gasteiger partial charge in [-0.1, -0.05) is 54.6 Å². The number of carbonyl (C=O) groups is 1. The maximum absolute atomic E-state index is 12.6. The molecule has 0 saturated heterocycles. The molecule has 2 aromatic carbocycles. The van der Waals surface area contributed by atoms with Gasteiger partial charge in [0.05, 0.1) is 6.04 Å². The van der Waals surface area contributed by atoms with Crippen molar-refractivity contribution in [2.75, 3.05) is 27.2 Å². The predicted molar refractivity (Wildman–Crippen MR) is 96.8 cm³/mol. The van der Waals surface area contributed by atoms with Crippen LogP contribution in [0.4, 0.5) is 4.79 Å². The maximum atomic E-state index is 12.6. The number of fused-ring (bicyclic) bond motifs is 1. The van der Waals surface area contributed by atoms with Crippen LogP contribution in [-0.4, -0.2) is 43.0 Å². The molecule has 1 N–H and O–H groups in total. The molecule has 0 aliphatic carbocycles. The monoisotopic (exact) mass is 323 g/mol. The number of benzene rings is 2. The van der Waals surface area contributed by atoms with E-state index in [0.29, 0.717) is 13.1 Å². The van der Waals surface area contributed by atoms with Gasteiger partial charge in [0.25, 0.3) is 0 Å². The Morgan fingerprint density at radius 3 is 2.46 bits per heavy atom. The van der Waals surface area contributed by atoms with Crippen molar-refractivity contribution in [3.63, 3.8) is 0 Å². The van der Waals surface area contributed by atoms with Gasteiger partial charge in [-0.15, -0.1) is 0 Å². The first-order valence-corrected chi connectivity index (χ1v) is 8.46. The smallest absolute Gasteiger partial charge is 0.317 e. The molecule has 0 fully saturated rings. The molecule has 3 rings (SSSR count). The lowest BCUT2D eigenvalue weighted by atomic mass is 10.0. The molecule has 4 heteroatoms. The number of hydrogen-bond donors (Lipinski definition) is 1. The maximum Gasteiger partial charge on any atom is 0.317 e. The Kier molecular flexibility index (Phi) is 5.16. The second-order valence-electron chi connectivity index (χ2n) is 6.52. The van der Waals surface area contributed by atoms with Crippen LogP contribution in [0, 0.1) is 0 Å². The highest BCUT2D eigenvalue weighted by atomic mass is 16.2. The number of urea groups is 1. The van der Waals surface area contributed by atoms with E-state index in [9.17, 15) is 4.79 Å². The van der Waals surface area contributed by atoms with Crippen LogP contribution < -0.4 is 5.32 Å². The number of rotatable bonds is 4. The number of amides is 2. The molecule has 1 atom stereocenters.